The SMILES string of the molecule is [CH2][CH]CC(=C)C. The van der Waals surface area contributed by atoms with Gasteiger partial charge in [0.2, 0.25) is 0 Å². The van der Waals surface area contributed by atoms with Gasteiger partial charge in [0.25, 0.3) is 0 Å². The van der Waals surface area contributed by atoms with E-state index in [0.29, 0.717) is 0 Å². The van der Waals surface area contributed by atoms with Crippen molar-refractivity contribution in [3.63, 3.8) is 0 Å². The van der Waals surface area contributed by atoms with Gasteiger partial charge in [-0.15, -0.1) is 6.58 Å². The van der Waals surface area contributed by atoms with E-state index in [-0.39, 0.29) is 0 Å². The van der Waals surface area contributed by atoms with Gasteiger partial charge in [-0.1, -0.05) is 5.57 Å². The van der Waals surface area contributed by atoms with Gasteiger partial charge in [0.05, 0.1) is 0 Å². The Morgan fingerprint density at radius 1 is 1.83 bits per heavy atom. The van der Waals surface area contributed by atoms with E-state index in [2.05, 4.69) is 13.5 Å². The van der Waals surface area contributed by atoms with Crippen molar-refractivity contribution in [3.05, 3.63) is 25.5 Å². The topological polar surface area (TPSA) is 0 Å². The lowest BCUT2D eigenvalue weighted by molar-refractivity contribution is 1.16. The fourth-order valence-electron chi connectivity index (χ4n) is 0.246. The van der Waals surface area contributed by atoms with Crippen molar-refractivity contribution >= 4 is 0 Å². The van der Waals surface area contributed by atoms with Gasteiger partial charge in [0.15, 0.2) is 0 Å². The molecular weight excluding hydrogens is 72.1 g/mol. The Labute approximate surface area is 39.9 Å². The molecule has 0 aliphatic carbocycles. The van der Waals surface area contributed by atoms with Gasteiger partial charge in [-0.25, -0.2) is 0 Å². The quantitative estimate of drug-likeness (QED) is 0.447. The Bertz CT molecular complexity index is 44.0. The molecule has 2 radical (unpaired) electrons. The highest BCUT2D eigenvalue weighted by Crippen LogP contribution is 1.95. The standard InChI is InChI=1S/C6H10/c1-4-5-6(2)3/h4H,1-2,5H2,3H3. The molecular formula is C6H10. The number of rotatable bonds is 2. The van der Waals surface area contributed by atoms with Crippen LogP contribution in [0, 0.1) is 13.3 Å². The molecule has 0 amide bonds. The van der Waals surface area contributed by atoms with Gasteiger partial charge in [0.1, 0.15) is 0 Å². The van der Waals surface area contributed by atoms with Crippen LogP contribution in [0.1, 0.15) is 13.3 Å². The summed E-state index contributed by atoms with van der Waals surface area (Å²) in [6.07, 6.45) is 2.79. The predicted octanol–water partition coefficient (Wildman–Crippen LogP) is 1.99. The predicted molar refractivity (Wildman–Crippen MR) is 29.1 cm³/mol. The number of hydrogen-bond donors (Lipinski definition) is 0. The average Bonchev–Trinajstić information content (AvgIpc) is 1.35. The van der Waals surface area contributed by atoms with Crippen molar-refractivity contribution in [1.82, 2.24) is 0 Å². The van der Waals surface area contributed by atoms with Crippen LogP contribution in [0.3, 0.4) is 0 Å². The van der Waals surface area contributed by atoms with Gasteiger partial charge in [-0.2, -0.15) is 0 Å². The lowest BCUT2D eigenvalue weighted by atomic mass is 10.2. The molecule has 0 aliphatic rings. The largest absolute Gasteiger partial charge is 0.100 e. The third-order valence-corrected chi connectivity index (χ3v) is 0.493. The van der Waals surface area contributed by atoms with Crippen LogP contribution in [0.2, 0.25) is 0 Å². The van der Waals surface area contributed by atoms with E-state index >= 15 is 0 Å². The molecule has 0 saturated carbocycles. The Morgan fingerprint density at radius 3 is 2.33 bits per heavy atom. The summed E-state index contributed by atoms with van der Waals surface area (Å²) in [6, 6.07) is 0. The Balaban J connectivity index is 2.83. The van der Waals surface area contributed by atoms with Crippen molar-refractivity contribution in [2.24, 2.45) is 0 Å². The highest BCUT2D eigenvalue weighted by atomic mass is 13.8. The van der Waals surface area contributed by atoms with Crippen molar-refractivity contribution in [3.8, 4) is 0 Å². The third kappa shape index (κ3) is 3.74. The first-order valence-electron chi connectivity index (χ1n) is 2.02. The van der Waals surface area contributed by atoms with E-state index in [1.165, 1.54) is 5.57 Å². The fraction of sp³-hybridized carbons (Fsp3) is 0.333. The summed E-state index contributed by atoms with van der Waals surface area (Å²) in [7, 11) is 0. The minimum absolute atomic E-state index is 0.944. The molecule has 0 aliphatic heterocycles. The lowest BCUT2D eigenvalue weighted by Gasteiger charge is -1.86. The molecule has 0 heterocycles. The zero-order valence-electron chi connectivity index (χ0n) is 4.20. The zero-order chi connectivity index (χ0) is 4.99. The van der Waals surface area contributed by atoms with Crippen molar-refractivity contribution in [2.45, 2.75) is 13.3 Å². The summed E-state index contributed by atoms with van der Waals surface area (Å²) >= 11 is 0. The number of allylic oxidation sites excluding steroid dienone is 1. The summed E-state index contributed by atoms with van der Waals surface area (Å²) in [5.74, 6) is 0. The van der Waals surface area contributed by atoms with Crippen LogP contribution in [0.15, 0.2) is 12.2 Å². The van der Waals surface area contributed by atoms with Crippen LogP contribution >= 0.6 is 0 Å². The molecule has 0 aromatic carbocycles. The molecule has 0 N–H and O–H groups in total. The minimum Gasteiger partial charge on any atom is -0.100 e. The Morgan fingerprint density at radius 2 is 2.33 bits per heavy atom. The van der Waals surface area contributed by atoms with Crippen molar-refractivity contribution in [2.75, 3.05) is 0 Å². The first-order chi connectivity index (χ1) is 2.77. The second-order valence-corrected chi connectivity index (χ2v) is 1.45. The monoisotopic (exact) mass is 82.1 g/mol. The van der Waals surface area contributed by atoms with E-state index < -0.39 is 0 Å². The molecule has 0 aromatic rings. The van der Waals surface area contributed by atoms with E-state index in [0.717, 1.165) is 6.42 Å². The molecule has 0 unspecified atom stereocenters. The average molecular weight is 82.1 g/mol. The molecule has 34 valence electrons. The minimum atomic E-state index is 0.944. The molecule has 0 bridgehead atoms. The van der Waals surface area contributed by atoms with Crippen LogP contribution in [0.4, 0.5) is 0 Å². The summed E-state index contributed by atoms with van der Waals surface area (Å²) < 4.78 is 0. The van der Waals surface area contributed by atoms with Crippen LogP contribution in [0.5, 0.6) is 0 Å². The maximum Gasteiger partial charge on any atom is -0.0295 e. The number of hydrogen-bond acceptors (Lipinski definition) is 0. The second kappa shape index (κ2) is 2.95. The molecule has 0 rings (SSSR count). The van der Waals surface area contributed by atoms with Gasteiger partial charge in [-0.3, -0.25) is 0 Å². The van der Waals surface area contributed by atoms with Crippen LogP contribution in [-0.2, 0) is 0 Å². The molecule has 0 nitrogen and oxygen atoms in total. The smallest absolute Gasteiger partial charge is 0.0295 e. The van der Waals surface area contributed by atoms with Crippen molar-refractivity contribution < 1.29 is 0 Å². The summed E-state index contributed by atoms with van der Waals surface area (Å²) in [4.78, 5) is 0. The molecule has 0 aromatic heterocycles. The van der Waals surface area contributed by atoms with Gasteiger partial charge >= 0.3 is 0 Å². The highest BCUT2D eigenvalue weighted by molar-refractivity contribution is 4.94. The summed E-state index contributed by atoms with van der Waals surface area (Å²) in [5.41, 5.74) is 1.17. The summed E-state index contributed by atoms with van der Waals surface area (Å²) in [5, 5.41) is 0. The normalized spacial score (nSPS) is 8.33. The third-order valence-electron chi connectivity index (χ3n) is 0.493. The fourth-order valence-corrected chi connectivity index (χ4v) is 0.246. The first kappa shape index (κ1) is 5.74. The lowest BCUT2D eigenvalue weighted by Crippen LogP contribution is -1.68. The molecule has 0 atom stereocenters. The van der Waals surface area contributed by atoms with E-state index in [4.69, 9.17) is 0 Å². The molecule has 0 fully saturated rings. The van der Waals surface area contributed by atoms with E-state index in [9.17, 15) is 0 Å². The highest BCUT2D eigenvalue weighted by Gasteiger charge is 1.76. The zero-order valence-corrected chi connectivity index (χ0v) is 4.20. The van der Waals surface area contributed by atoms with E-state index in [1.807, 2.05) is 13.3 Å². The molecule has 0 heteroatoms. The van der Waals surface area contributed by atoms with Gasteiger partial charge in [-0.05, 0) is 26.7 Å². The second-order valence-electron chi connectivity index (χ2n) is 1.45. The molecule has 0 saturated heterocycles. The van der Waals surface area contributed by atoms with Crippen molar-refractivity contribution in [1.29, 1.82) is 0 Å². The van der Waals surface area contributed by atoms with Gasteiger partial charge in [0, 0.05) is 0 Å². The molecule has 0 spiro atoms. The Kier molecular flexibility index (Phi) is 2.82. The van der Waals surface area contributed by atoms with Gasteiger partial charge < -0.3 is 0 Å². The Hall–Kier alpha value is -0.260. The first-order valence-corrected chi connectivity index (χ1v) is 2.02. The van der Waals surface area contributed by atoms with E-state index in [1.54, 1.807) is 0 Å². The van der Waals surface area contributed by atoms with Crippen LogP contribution < -0.4 is 0 Å². The molecule has 6 heavy (non-hydrogen) atoms. The maximum atomic E-state index is 3.67. The summed E-state index contributed by atoms with van der Waals surface area (Å²) in [6.45, 7) is 9.20. The maximum absolute atomic E-state index is 3.67. The van der Waals surface area contributed by atoms with Crippen LogP contribution in [0.25, 0.3) is 0 Å². The van der Waals surface area contributed by atoms with Crippen LogP contribution in [-0.4, -0.2) is 0 Å².